The summed E-state index contributed by atoms with van der Waals surface area (Å²) in [5, 5.41) is 0. The summed E-state index contributed by atoms with van der Waals surface area (Å²) in [5.74, 6) is -11.9. The van der Waals surface area contributed by atoms with Crippen molar-refractivity contribution in [2.24, 2.45) is 0 Å². The number of rotatable bonds is 15. The molecule has 0 aliphatic rings. The Morgan fingerprint density at radius 1 is 0.743 bits per heavy atom. The average Bonchev–Trinajstić information content (AvgIpc) is 2.86. The highest BCUT2D eigenvalue weighted by molar-refractivity contribution is 5.66. The molecule has 0 saturated carbocycles. The van der Waals surface area contributed by atoms with Crippen molar-refractivity contribution in [1.29, 1.82) is 0 Å². The van der Waals surface area contributed by atoms with E-state index in [0.717, 1.165) is 38.5 Å². The predicted molar refractivity (Wildman–Crippen MR) is 125 cm³/mol. The molecule has 8 heteroatoms. The molecule has 196 valence electrons. The van der Waals surface area contributed by atoms with Crippen molar-refractivity contribution >= 4 is 0 Å². The Kier molecular flexibility index (Phi) is 11.6. The van der Waals surface area contributed by atoms with Crippen LogP contribution in [0.25, 0.3) is 11.1 Å². The van der Waals surface area contributed by atoms with E-state index in [1.807, 2.05) is 0 Å². The van der Waals surface area contributed by atoms with Crippen LogP contribution in [-0.2, 0) is 14.2 Å². The Bertz CT molecular complexity index is 916. The van der Waals surface area contributed by atoms with Crippen LogP contribution in [0.1, 0.15) is 77.2 Å². The molecular formula is C27H35F5O3. The fourth-order valence-corrected chi connectivity index (χ4v) is 4.35. The van der Waals surface area contributed by atoms with Crippen LogP contribution in [0, 0.1) is 29.1 Å². The quantitative estimate of drug-likeness (QED) is 0.0807. The zero-order valence-electron chi connectivity index (χ0n) is 20.9. The molecule has 0 amide bonds. The summed E-state index contributed by atoms with van der Waals surface area (Å²) in [6.07, 6.45) is 6.83. The Morgan fingerprint density at radius 3 is 1.83 bits per heavy atom. The summed E-state index contributed by atoms with van der Waals surface area (Å²) in [5.41, 5.74) is -0.567. The molecule has 0 bridgehead atoms. The minimum atomic E-state index is -2.19. The van der Waals surface area contributed by atoms with Crippen LogP contribution in [0.5, 0.6) is 0 Å². The standard InChI is InChI=1S/C27H35F5O3/c1-5-8-9-10-11-12-16-20(27(33-4,34-6-2)35-7-3)18-14-13-15-19(17-18)21-22(28)24(30)26(32)25(31)23(21)29/h13-15,17,20H,5-12,16H2,1-4H3. The number of unbranched alkanes of at least 4 members (excludes halogenated alkanes) is 5. The molecule has 2 rings (SSSR count). The molecule has 0 fully saturated rings. The second-order valence-electron chi connectivity index (χ2n) is 8.35. The highest BCUT2D eigenvalue weighted by atomic mass is 19.2. The first-order valence-electron chi connectivity index (χ1n) is 12.2. The van der Waals surface area contributed by atoms with E-state index in [1.165, 1.54) is 25.3 Å². The molecule has 2 aromatic carbocycles. The number of hydrogen-bond acceptors (Lipinski definition) is 3. The van der Waals surface area contributed by atoms with E-state index < -0.39 is 46.5 Å². The van der Waals surface area contributed by atoms with Crippen molar-refractivity contribution in [2.45, 2.75) is 77.6 Å². The van der Waals surface area contributed by atoms with Crippen LogP contribution in [0.4, 0.5) is 22.0 Å². The molecule has 35 heavy (non-hydrogen) atoms. The van der Waals surface area contributed by atoms with Gasteiger partial charge in [0.15, 0.2) is 23.3 Å². The van der Waals surface area contributed by atoms with E-state index in [1.54, 1.807) is 19.9 Å². The Morgan fingerprint density at radius 2 is 1.29 bits per heavy atom. The minimum absolute atomic E-state index is 0.138. The summed E-state index contributed by atoms with van der Waals surface area (Å²) in [6.45, 7) is 6.28. The minimum Gasteiger partial charge on any atom is -0.330 e. The zero-order chi connectivity index (χ0) is 26.0. The van der Waals surface area contributed by atoms with Crippen LogP contribution >= 0.6 is 0 Å². The molecule has 1 unspecified atom stereocenters. The summed E-state index contributed by atoms with van der Waals surface area (Å²) in [6, 6.07) is 5.93. The molecule has 0 heterocycles. The molecule has 3 nitrogen and oxygen atoms in total. The van der Waals surface area contributed by atoms with Gasteiger partial charge in [0.2, 0.25) is 5.82 Å². The lowest BCUT2D eigenvalue weighted by Crippen LogP contribution is -2.44. The maximum Gasteiger partial charge on any atom is 0.289 e. The van der Waals surface area contributed by atoms with E-state index in [2.05, 4.69) is 6.92 Å². The van der Waals surface area contributed by atoms with Gasteiger partial charge in [-0.2, -0.15) is 0 Å². The molecule has 0 spiro atoms. The maximum atomic E-state index is 14.5. The lowest BCUT2D eigenvalue weighted by Gasteiger charge is -2.38. The topological polar surface area (TPSA) is 27.7 Å². The number of halogens is 5. The van der Waals surface area contributed by atoms with Gasteiger partial charge in [-0.1, -0.05) is 69.7 Å². The Balaban J connectivity index is 2.52. The highest BCUT2D eigenvalue weighted by Crippen LogP contribution is 2.40. The van der Waals surface area contributed by atoms with E-state index >= 15 is 0 Å². The second kappa shape index (κ2) is 13.9. The maximum absolute atomic E-state index is 14.5. The average molecular weight is 503 g/mol. The van der Waals surface area contributed by atoms with Crippen LogP contribution in [0.15, 0.2) is 24.3 Å². The van der Waals surface area contributed by atoms with Crippen LogP contribution in [0.3, 0.4) is 0 Å². The Labute approximate surface area is 204 Å². The van der Waals surface area contributed by atoms with Crippen LogP contribution in [-0.4, -0.2) is 26.3 Å². The van der Waals surface area contributed by atoms with Gasteiger partial charge < -0.3 is 14.2 Å². The van der Waals surface area contributed by atoms with Crippen molar-refractivity contribution in [1.82, 2.24) is 0 Å². The third-order valence-electron chi connectivity index (χ3n) is 6.04. The monoisotopic (exact) mass is 502 g/mol. The molecule has 2 aromatic rings. The van der Waals surface area contributed by atoms with E-state index in [4.69, 9.17) is 14.2 Å². The van der Waals surface area contributed by atoms with E-state index in [9.17, 15) is 22.0 Å². The molecule has 0 aromatic heterocycles. The summed E-state index contributed by atoms with van der Waals surface area (Å²) in [7, 11) is 1.45. The van der Waals surface area contributed by atoms with Gasteiger partial charge in [0.25, 0.3) is 5.97 Å². The number of hydrogen-bond donors (Lipinski definition) is 0. The molecule has 0 saturated heterocycles. The SMILES string of the molecule is CCCCCCCCC(c1cccc(-c2c(F)c(F)c(F)c(F)c2F)c1)C(OC)(OCC)OCC. The van der Waals surface area contributed by atoms with Crippen molar-refractivity contribution < 1.29 is 36.2 Å². The summed E-state index contributed by atoms with van der Waals surface area (Å²) >= 11 is 0. The van der Waals surface area contributed by atoms with Crippen LogP contribution < -0.4 is 0 Å². The van der Waals surface area contributed by atoms with Gasteiger partial charge >= 0.3 is 0 Å². The highest BCUT2D eigenvalue weighted by Gasteiger charge is 2.42. The third kappa shape index (κ3) is 6.80. The van der Waals surface area contributed by atoms with E-state index in [-0.39, 0.29) is 18.8 Å². The molecule has 0 aliphatic heterocycles. The van der Waals surface area contributed by atoms with E-state index in [0.29, 0.717) is 12.0 Å². The first kappa shape index (κ1) is 29.2. The second-order valence-corrected chi connectivity index (χ2v) is 8.35. The fourth-order valence-electron chi connectivity index (χ4n) is 4.35. The van der Waals surface area contributed by atoms with Crippen molar-refractivity contribution in [3.8, 4) is 11.1 Å². The molecule has 0 N–H and O–H groups in total. The van der Waals surface area contributed by atoms with Gasteiger partial charge in [0, 0.05) is 20.3 Å². The number of benzene rings is 2. The van der Waals surface area contributed by atoms with Crippen molar-refractivity contribution in [2.75, 3.05) is 20.3 Å². The van der Waals surface area contributed by atoms with Gasteiger partial charge in [-0.05, 0) is 31.4 Å². The molecule has 1 atom stereocenters. The van der Waals surface area contributed by atoms with Gasteiger partial charge in [-0.3, -0.25) is 0 Å². The molecule has 0 radical (unpaired) electrons. The van der Waals surface area contributed by atoms with Gasteiger partial charge in [0.05, 0.1) is 11.5 Å². The van der Waals surface area contributed by atoms with Gasteiger partial charge in [0.1, 0.15) is 0 Å². The largest absolute Gasteiger partial charge is 0.330 e. The van der Waals surface area contributed by atoms with Crippen molar-refractivity contribution in [3.63, 3.8) is 0 Å². The fraction of sp³-hybridized carbons (Fsp3) is 0.556. The van der Waals surface area contributed by atoms with Gasteiger partial charge in [-0.25, -0.2) is 22.0 Å². The predicted octanol–water partition coefficient (Wildman–Crippen LogP) is 8.26. The molecule has 0 aliphatic carbocycles. The molecular weight excluding hydrogens is 467 g/mol. The van der Waals surface area contributed by atoms with Gasteiger partial charge in [-0.15, -0.1) is 0 Å². The summed E-state index contributed by atoms with van der Waals surface area (Å²) in [4.78, 5) is 0. The number of ether oxygens (including phenoxy) is 3. The van der Waals surface area contributed by atoms with Crippen molar-refractivity contribution in [3.05, 3.63) is 58.9 Å². The normalized spacial score (nSPS) is 12.8. The lowest BCUT2D eigenvalue weighted by molar-refractivity contribution is -0.381. The lowest BCUT2D eigenvalue weighted by atomic mass is 9.88. The third-order valence-corrected chi connectivity index (χ3v) is 6.04. The van der Waals surface area contributed by atoms with Crippen LogP contribution in [0.2, 0.25) is 0 Å². The zero-order valence-corrected chi connectivity index (χ0v) is 20.9. The summed E-state index contributed by atoms with van der Waals surface area (Å²) < 4.78 is 87.9. The Hall–Kier alpha value is -2.03. The first-order valence-corrected chi connectivity index (χ1v) is 12.2. The first-order chi connectivity index (χ1) is 16.8. The number of methoxy groups -OCH3 is 1. The smallest absolute Gasteiger partial charge is 0.289 e.